The highest BCUT2D eigenvalue weighted by atomic mass is 16.5. The van der Waals surface area contributed by atoms with Gasteiger partial charge in [-0.2, -0.15) is 0 Å². The van der Waals surface area contributed by atoms with Crippen LogP contribution in [-0.4, -0.2) is 30.9 Å². The Hall–Kier alpha value is -1.75. The van der Waals surface area contributed by atoms with Gasteiger partial charge in [0.05, 0.1) is 12.2 Å². The first kappa shape index (κ1) is 14.3. The molecule has 0 fully saturated rings. The van der Waals surface area contributed by atoms with E-state index in [9.17, 15) is 4.79 Å². The smallest absolute Gasteiger partial charge is 0.337 e. The van der Waals surface area contributed by atoms with Gasteiger partial charge < -0.3 is 20.3 Å². The Bertz CT molecular complexity index is 404. The van der Waals surface area contributed by atoms with Crippen LogP contribution in [0.25, 0.3) is 0 Å². The van der Waals surface area contributed by atoms with Crippen LogP contribution in [0.2, 0.25) is 0 Å². The van der Waals surface area contributed by atoms with Gasteiger partial charge in [-0.25, -0.2) is 4.79 Å². The molecule has 18 heavy (non-hydrogen) atoms. The summed E-state index contributed by atoms with van der Waals surface area (Å²) in [7, 11) is 0. The lowest BCUT2D eigenvalue weighted by atomic mass is 10.2. The Balaban J connectivity index is 2.39. The standard InChI is InChI=1S/C13H19NO4/c1-9(2)8-17-5-6-18-10-3-4-11(13(15)16)12(14)7-10/h3-4,7,9H,5-6,8,14H2,1-2H3,(H,15,16). The Kier molecular flexibility index (Phi) is 5.45. The molecule has 5 nitrogen and oxygen atoms in total. The van der Waals surface area contributed by atoms with Gasteiger partial charge in [0.2, 0.25) is 0 Å². The molecule has 3 N–H and O–H groups in total. The maximum absolute atomic E-state index is 10.8. The zero-order valence-electron chi connectivity index (χ0n) is 10.7. The molecule has 0 unspecified atom stereocenters. The third-order valence-corrected chi connectivity index (χ3v) is 2.20. The molecule has 0 aliphatic heterocycles. The molecule has 0 saturated carbocycles. The van der Waals surface area contributed by atoms with Gasteiger partial charge in [-0.3, -0.25) is 0 Å². The first-order valence-electron chi connectivity index (χ1n) is 5.84. The Morgan fingerprint density at radius 2 is 2.11 bits per heavy atom. The molecule has 1 aromatic rings. The maximum Gasteiger partial charge on any atom is 0.337 e. The van der Waals surface area contributed by atoms with Crippen molar-refractivity contribution in [2.75, 3.05) is 25.6 Å². The van der Waals surface area contributed by atoms with Crippen LogP contribution in [0.15, 0.2) is 18.2 Å². The van der Waals surface area contributed by atoms with Crippen molar-refractivity contribution in [1.82, 2.24) is 0 Å². The number of nitrogens with two attached hydrogens (primary N) is 1. The zero-order valence-corrected chi connectivity index (χ0v) is 10.7. The summed E-state index contributed by atoms with van der Waals surface area (Å²) < 4.78 is 10.8. The van der Waals surface area contributed by atoms with Crippen molar-refractivity contribution >= 4 is 11.7 Å². The molecular formula is C13H19NO4. The number of aromatic carboxylic acids is 1. The third-order valence-electron chi connectivity index (χ3n) is 2.20. The number of ether oxygens (including phenoxy) is 2. The average Bonchev–Trinajstić information content (AvgIpc) is 2.27. The minimum atomic E-state index is -1.04. The number of hydrogen-bond acceptors (Lipinski definition) is 4. The van der Waals surface area contributed by atoms with Crippen molar-refractivity contribution in [3.05, 3.63) is 23.8 Å². The van der Waals surface area contributed by atoms with E-state index in [0.29, 0.717) is 31.5 Å². The van der Waals surface area contributed by atoms with E-state index < -0.39 is 5.97 Å². The number of benzene rings is 1. The predicted octanol–water partition coefficient (Wildman–Crippen LogP) is 2.02. The van der Waals surface area contributed by atoms with Gasteiger partial charge in [-0.05, 0) is 18.1 Å². The minimum absolute atomic E-state index is 0.0819. The lowest BCUT2D eigenvalue weighted by molar-refractivity contribution is 0.0697. The maximum atomic E-state index is 10.8. The molecule has 0 amide bonds. The summed E-state index contributed by atoms with van der Waals surface area (Å²) in [6.07, 6.45) is 0. The van der Waals surface area contributed by atoms with E-state index in [1.807, 2.05) is 0 Å². The van der Waals surface area contributed by atoms with E-state index >= 15 is 0 Å². The molecule has 0 saturated heterocycles. The van der Waals surface area contributed by atoms with Crippen LogP contribution in [-0.2, 0) is 4.74 Å². The van der Waals surface area contributed by atoms with Crippen LogP contribution in [0, 0.1) is 5.92 Å². The van der Waals surface area contributed by atoms with Gasteiger partial charge in [0.25, 0.3) is 0 Å². The second kappa shape index (κ2) is 6.86. The normalized spacial score (nSPS) is 10.6. The van der Waals surface area contributed by atoms with Crippen LogP contribution in [0.3, 0.4) is 0 Å². The molecular weight excluding hydrogens is 234 g/mol. The van der Waals surface area contributed by atoms with Gasteiger partial charge in [-0.15, -0.1) is 0 Å². The van der Waals surface area contributed by atoms with Crippen LogP contribution in [0.1, 0.15) is 24.2 Å². The lowest BCUT2D eigenvalue weighted by Crippen LogP contribution is -2.10. The Labute approximate surface area is 107 Å². The van der Waals surface area contributed by atoms with Gasteiger partial charge in [0.1, 0.15) is 12.4 Å². The molecule has 0 aromatic heterocycles. The van der Waals surface area contributed by atoms with E-state index in [4.69, 9.17) is 20.3 Å². The zero-order chi connectivity index (χ0) is 13.5. The van der Waals surface area contributed by atoms with Crippen LogP contribution >= 0.6 is 0 Å². The van der Waals surface area contributed by atoms with Crippen molar-refractivity contribution in [2.45, 2.75) is 13.8 Å². The van der Waals surface area contributed by atoms with Gasteiger partial charge >= 0.3 is 5.97 Å². The van der Waals surface area contributed by atoms with E-state index in [2.05, 4.69) is 13.8 Å². The predicted molar refractivity (Wildman–Crippen MR) is 69.0 cm³/mol. The number of nitrogen functional groups attached to an aromatic ring is 1. The second-order valence-electron chi connectivity index (χ2n) is 4.37. The minimum Gasteiger partial charge on any atom is -0.491 e. The van der Waals surface area contributed by atoms with Crippen LogP contribution in [0.4, 0.5) is 5.69 Å². The average molecular weight is 253 g/mol. The number of anilines is 1. The third kappa shape index (κ3) is 4.63. The van der Waals surface area contributed by atoms with Crippen molar-refractivity contribution in [3.8, 4) is 5.75 Å². The molecule has 0 atom stereocenters. The first-order chi connectivity index (χ1) is 8.50. The van der Waals surface area contributed by atoms with E-state index in [0.717, 1.165) is 0 Å². The molecule has 100 valence electrons. The molecule has 0 radical (unpaired) electrons. The van der Waals surface area contributed by atoms with Gasteiger partial charge in [0, 0.05) is 18.4 Å². The van der Waals surface area contributed by atoms with Crippen molar-refractivity contribution < 1.29 is 19.4 Å². The molecule has 0 heterocycles. The molecule has 0 aliphatic rings. The van der Waals surface area contributed by atoms with E-state index in [-0.39, 0.29) is 11.3 Å². The summed E-state index contributed by atoms with van der Waals surface area (Å²) in [5.74, 6) is 0.000424. The summed E-state index contributed by atoms with van der Waals surface area (Å²) in [6.45, 7) is 5.76. The summed E-state index contributed by atoms with van der Waals surface area (Å²) in [5.41, 5.74) is 5.88. The van der Waals surface area contributed by atoms with Gasteiger partial charge in [-0.1, -0.05) is 13.8 Å². The summed E-state index contributed by atoms with van der Waals surface area (Å²) in [5, 5.41) is 8.81. The highest BCUT2D eigenvalue weighted by Crippen LogP contribution is 2.19. The first-order valence-corrected chi connectivity index (χ1v) is 5.84. The molecule has 1 rings (SSSR count). The molecule has 0 aliphatic carbocycles. The number of hydrogen-bond donors (Lipinski definition) is 2. The molecule has 0 spiro atoms. The van der Waals surface area contributed by atoms with Crippen LogP contribution < -0.4 is 10.5 Å². The van der Waals surface area contributed by atoms with Crippen molar-refractivity contribution in [3.63, 3.8) is 0 Å². The molecule has 1 aromatic carbocycles. The number of carbonyl (C=O) groups is 1. The van der Waals surface area contributed by atoms with Gasteiger partial charge in [0.15, 0.2) is 0 Å². The van der Waals surface area contributed by atoms with E-state index in [1.165, 1.54) is 12.1 Å². The highest BCUT2D eigenvalue weighted by Gasteiger charge is 2.08. The second-order valence-corrected chi connectivity index (χ2v) is 4.37. The largest absolute Gasteiger partial charge is 0.491 e. The summed E-state index contributed by atoms with van der Waals surface area (Å²) in [4.78, 5) is 10.8. The fraction of sp³-hybridized carbons (Fsp3) is 0.462. The van der Waals surface area contributed by atoms with Crippen molar-refractivity contribution in [1.29, 1.82) is 0 Å². The quantitative estimate of drug-likeness (QED) is 0.574. The fourth-order valence-corrected chi connectivity index (χ4v) is 1.36. The Morgan fingerprint density at radius 1 is 1.39 bits per heavy atom. The van der Waals surface area contributed by atoms with Crippen molar-refractivity contribution in [2.24, 2.45) is 5.92 Å². The number of rotatable bonds is 7. The molecule has 0 bridgehead atoms. The number of carboxylic acids is 1. The molecule has 5 heteroatoms. The fourth-order valence-electron chi connectivity index (χ4n) is 1.36. The lowest BCUT2D eigenvalue weighted by Gasteiger charge is -2.09. The topological polar surface area (TPSA) is 81.8 Å². The summed E-state index contributed by atoms with van der Waals surface area (Å²) in [6, 6.07) is 4.52. The Morgan fingerprint density at radius 3 is 2.67 bits per heavy atom. The highest BCUT2D eigenvalue weighted by molar-refractivity contribution is 5.93. The summed E-state index contributed by atoms with van der Waals surface area (Å²) >= 11 is 0. The van der Waals surface area contributed by atoms with E-state index in [1.54, 1.807) is 6.07 Å². The monoisotopic (exact) mass is 253 g/mol. The SMILES string of the molecule is CC(C)COCCOc1ccc(C(=O)O)c(N)c1. The van der Waals surface area contributed by atoms with Crippen LogP contribution in [0.5, 0.6) is 5.75 Å². The number of carboxylic acid groups (broad SMARTS) is 1.